The fraction of sp³-hybridized carbons (Fsp3) is 0.0526. The van der Waals surface area contributed by atoms with E-state index in [1.165, 1.54) is 6.20 Å². The van der Waals surface area contributed by atoms with Gasteiger partial charge in [0, 0.05) is 11.8 Å². The molecule has 0 aliphatic heterocycles. The Bertz CT molecular complexity index is 979. The van der Waals surface area contributed by atoms with Crippen molar-refractivity contribution in [3.05, 3.63) is 71.4 Å². The molecule has 1 N–H and O–H groups in total. The van der Waals surface area contributed by atoms with E-state index in [2.05, 4.69) is 9.97 Å². The molecule has 0 amide bonds. The van der Waals surface area contributed by atoms with Gasteiger partial charge >= 0.3 is 5.97 Å². The summed E-state index contributed by atoms with van der Waals surface area (Å²) < 4.78 is 5.72. The maximum Gasteiger partial charge on any atom is 0.342 e. The zero-order valence-electron chi connectivity index (χ0n) is 13.3. The van der Waals surface area contributed by atoms with Crippen molar-refractivity contribution in [2.45, 2.75) is 6.92 Å². The summed E-state index contributed by atoms with van der Waals surface area (Å²) in [7, 11) is 0. The summed E-state index contributed by atoms with van der Waals surface area (Å²) in [5.41, 5.74) is 1.76. The molecule has 122 valence electrons. The first kappa shape index (κ1) is 16.1. The van der Waals surface area contributed by atoms with E-state index >= 15 is 0 Å². The normalized spacial score (nSPS) is 10.1. The van der Waals surface area contributed by atoms with Gasteiger partial charge in [-0.2, -0.15) is 10.2 Å². The molecule has 0 unspecified atom stereocenters. The number of aryl methyl sites for hydroxylation is 1. The number of aromatic nitrogens is 2. The molecular formula is C19H13N3O3. The predicted molar refractivity (Wildman–Crippen MR) is 90.4 cm³/mol. The van der Waals surface area contributed by atoms with Crippen molar-refractivity contribution in [3.8, 4) is 29.1 Å². The summed E-state index contributed by atoms with van der Waals surface area (Å²) in [6.07, 6.45) is 1.22. The third kappa shape index (κ3) is 3.46. The molecule has 0 atom stereocenters. The predicted octanol–water partition coefficient (Wildman–Crippen LogP) is 3.81. The molecule has 0 saturated heterocycles. The quantitative estimate of drug-likeness (QED) is 0.781. The summed E-state index contributed by atoms with van der Waals surface area (Å²) >= 11 is 0. The van der Waals surface area contributed by atoms with E-state index in [0.717, 1.165) is 11.1 Å². The number of carboxylic acids is 1. The van der Waals surface area contributed by atoms with Gasteiger partial charge in [0.25, 0.3) is 0 Å². The number of nitrogens with zero attached hydrogens (tertiary/aromatic N) is 3. The zero-order valence-corrected chi connectivity index (χ0v) is 13.3. The maximum atomic E-state index is 11.5. The Kier molecular flexibility index (Phi) is 4.40. The highest BCUT2D eigenvalue weighted by molar-refractivity contribution is 5.90. The van der Waals surface area contributed by atoms with Gasteiger partial charge in [-0.3, -0.25) is 0 Å². The second kappa shape index (κ2) is 6.81. The van der Waals surface area contributed by atoms with Crippen LogP contribution in [0.4, 0.5) is 0 Å². The summed E-state index contributed by atoms with van der Waals surface area (Å²) in [6, 6.07) is 16.1. The highest BCUT2D eigenvalue weighted by Crippen LogP contribution is 2.28. The van der Waals surface area contributed by atoms with E-state index in [0.29, 0.717) is 17.1 Å². The third-order valence-electron chi connectivity index (χ3n) is 3.54. The van der Waals surface area contributed by atoms with Crippen molar-refractivity contribution in [3.63, 3.8) is 0 Å². The second-order valence-corrected chi connectivity index (χ2v) is 5.28. The van der Waals surface area contributed by atoms with Crippen LogP contribution in [0.5, 0.6) is 11.6 Å². The van der Waals surface area contributed by atoms with Crippen LogP contribution in [0.15, 0.2) is 54.7 Å². The minimum atomic E-state index is -1.19. The van der Waals surface area contributed by atoms with Crippen LogP contribution in [0.1, 0.15) is 21.5 Å². The number of hydrogen-bond donors (Lipinski definition) is 1. The zero-order chi connectivity index (χ0) is 17.8. The van der Waals surface area contributed by atoms with Gasteiger partial charge in [-0.25, -0.2) is 9.78 Å². The van der Waals surface area contributed by atoms with E-state index in [4.69, 9.17) is 10.00 Å². The minimum Gasteiger partial charge on any atom is -0.477 e. The van der Waals surface area contributed by atoms with Crippen LogP contribution in [-0.2, 0) is 0 Å². The molecule has 0 aliphatic rings. The van der Waals surface area contributed by atoms with E-state index < -0.39 is 5.97 Å². The van der Waals surface area contributed by atoms with Crippen molar-refractivity contribution in [1.29, 1.82) is 5.26 Å². The molecule has 6 heteroatoms. The number of ether oxygens (including phenoxy) is 1. The maximum absolute atomic E-state index is 11.5. The largest absolute Gasteiger partial charge is 0.477 e. The van der Waals surface area contributed by atoms with Crippen LogP contribution >= 0.6 is 0 Å². The van der Waals surface area contributed by atoms with E-state index in [9.17, 15) is 9.90 Å². The fourth-order valence-corrected chi connectivity index (χ4v) is 2.20. The average Bonchev–Trinajstić information content (AvgIpc) is 2.64. The van der Waals surface area contributed by atoms with Gasteiger partial charge in [-0.1, -0.05) is 36.4 Å². The van der Waals surface area contributed by atoms with E-state index in [1.54, 1.807) is 25.1 Å². The number of nitriles is 1. The van der Waals surface area contributed by atoms with Crippen LogP contribution in [-0.4, -0.2) is 21.0 Å². The van der Waals surface area contributed by atoms with Crippen molar-refractivity contribution >= 4 is 5.97 Å². The first-order valence-corrected chi connectivity index (χ1v) is 7.43. The molecule has 0 spiro atoms. The van der Waals surface area contributed by atoms with Crippen LogP contribution in [0.3, 0.4) is 0 Å². The molecule has 0 bridgehead atoms. The lowest BCUT2D eigenvalue weighted by Crippen LogP contribution is -2.05. The smallest absolute Gasteiger partial charge is 0.342 e. The lowest BCUT2D eigenvalue weighted by molar-refractivity contribution is 0.0693. The van der Waals surface area contributed by atoms with Gasteiger partial charge in [0.05, 0.1) is 11.6 Å². The molecule has 25 heavy (non-hydrogen) atoms. The third-order valence-corrected chi connectivity index (χ3v) is 3.54. The Morgan fingerprint density at radius 3 is 2.64 bits per heavy atom. The minimum absolute atomic E-state index is 0.0699. The Hall–Kier alpha value is -3.72. The summed E-state index contributed by atoms with van der Waals surface area (Å²) in [5.74, 6) is -0.530. The van der Waals surface area contributed by atoms with Gasteiger partial charge in [0.1, 0.15) is 11.3 Å². The Labute approximate surface area is 144 Å². The average molecular weight is 331 g/mol. The highest BCUT2D eigenvalue weighted by atomic mass is 16.5. The molecule has 0 saturated carbocycles. The highest BCUT2D eigenvalue weighted by Gasteiger charge is 2.17. The lowest BCUT2D eigenvalue weighted by atomic mass is 10.1. The molecule has 6 nitrogen and oxygen atoms in total. The number of carbonyl (C=O) groups is 1. The number of hydrogen-bond acceptors (Lipinski definition) is 5. The van der Waals surface area contributed by atoms with Crippen LogP contribution in [0.25, 0.3) is 11.4 Å². The molecule has 3 rings (SSSR count). The standard InChI is InChI=1S/C19H13N3O3/c1-12-7-8-13(10-20)9-16(12)25-18-15(19(23)24)11-21-17(22-18)14-5-3-2-4-6-14/h2-9,11H,1H3,(H,23,24). The first-order chi connectivity index (χ1) is 12.1. The summed E-state index contributed by atoms with van der Waals surface area (Å²) in [4.78, 5) is 19.8. The van der Waals surface area contributed by atoms with Gasteiger partial charge in [-0.05, 0) is 24.6 Å². The summed E-state index contributed by atoms with van der Waals surface area (Å²) in [5, 5.41) is 18.4. The topological polar surface area (TPSA) is 96.1 Å². The molecular weight excluding hydrogens is 318 g/mol. The lowest BCUT2D eigenvalue weighted by Gasteiger charge is -2.11. The Balaban J connectivity index is 2.07. The number of benzene rings is 2. The summed E-state index contributed by atoms with van der Waals surface area (Å²) in [6.45, 7) is 1.80. The Morgan fingerprint density at radius 1 is 1.20 bits per heavy atom. The van der Waals surface area contributed by atoms with Gasteiger partial charge in [0.2, 0.25) is 5.88 Å². The molecule has 1 aromatic heterocycles. The first-order valence-electron chi connectivity index (χ1n) is 7.43. The van der Waals surface area contributed by atoms with Gasteiger partial charge < -0.3 is 9.84 Å². The van der Waals surface area contributed by atoms with E-state index in [1.807, 2.05) is 36.4 Å². The van der Waals surface area contributed by atoms with E-state index in [-0.39, 0.29) is 11.4 Å². The fourth-order valence-electron chi connectivity index (χ4n) is 2.20. The Morgan fingerprint density at radius 2 is 1.96 bits per heavy atom. The van der Waals surface area contributed by atoms with Crippen molar-refractivity contribution in [2.75, 3.05) is 0 Å². The van der Waals surface area contributed by atoms with Crippen LogP contribution in [0, 0.1) is 18.3 Å². The van der Waals surface area contributed by atoms with Crippen molar-refractivity contribution < 1.29 is 14.6 Å². The van der Waals surface area contributed by atoms with Gasteiger partial charge in [0.15, 0.2) is 5.82 Å². The molecule has 1 heterocycles. The van der Waals surface area contributed by atoms with Crippen LogP contribution < -0.4 is 4.74 Å². The number of carboxylic acid groups (broad SMARTS) is 1. The number of rotatable bonds is 4. The molecule has 3 aromatic rings. The molecule has 0 radical (unpaired) electrons. The van der Waals surface area contributed by atoms with Gasteiger partial charge in [-0.15, -0.1) is 0 Å². The van der Waals surface area contributed by atoms with Crippen molar-refractivity contribution in [2.24, 2.45) is 0 Å². The van der Waals surface area contributed by atoms with Crippen LogP contribution in [0.2, 0.25) is 0 Å². The monoisotopic (exact) mass is 331 g/mol. The number of aromatic carboxylic acids is 1. The molecule has 0 aliphatic carbocycles. The van der Waals surface area contributed by atoms with Crippen molar-refractivity contribution in [1.82, 2.24) is 9.97 Å². The SMILES string of the molecule is Cc1ccc(C#N)cc1Oc1nc(-c2ccccc2)ncc1C(=O)O. The second-order valence-electron chi connectivity index (χ2n) is 5.28. The molecule has 0 fully saturated rings. The molecule has 2 aromatic carbocycles.